The molecule has 0 bridgehead atoms. The maximum absolute atomic E-state index is 13.6. The number of anilines is 1. The highest BCUT2D eigenvalue weighted by Gasteiger charge is 2.69. The molecular formula is C24H26FN3O3. The van der Waals surface area contributed by atoms with Crippen molar-refractivity contribution in [3.8, 4) is 0 Å². The van der Waals surface area contributed by atoms with Gasteiger partial charge < -0.3 is 4.90 Å². The Kier molecular flexibility index (Phi) is 4.95. The molecule has 1 aromatic heterocycles. The number of amides is 3. The largest absolute Gasteiger partial charge is 0.325 e. The van der Waals surface area contributed by atoms with Crippen LogP contribution in [0, 0.1) is 22.6 Å². The van der Waals surface area contributed by atoms with E-state index in [1.807, 2.05) is 33.8 Å². The summed E-state index contributed by atoms with van der Waals surface area (Å²) in [6.45, 7) is 8.37. The van der Waals surface area contributed by atoms with Crippen LogP contribution in [0.4, 0.5) is 10.1 Å². The lowest BCUT2D eigenvalue weighted by atomic mass is 10.0. The van der Waals surface area contributed by atoms with Crippen LogP contribution in [-0.2, 0) is 20.9 Å². The Hall–Kier alpha value is -3.09. The van der Waals surface area contributed by atoms with Crippen molar-refractivity contribution < 1.29 is 18.8 Å². The molecule has 2 aliphatic rings. The summed E-state index contributed by atoms with van der Waals surface area (Å²) in [7, 11) is 0. The highest BCUT2D eigenvalue weighted by Crippen LogP contribution is 2.69. The van der Waals surface area contributed by atoms with Crippen molar-refractivity contribution in [1.82, 2.24) is 9.88 Å². The van der Waals surface area contributed by atoms with Crippen molar-refractivity contribution in [3.63, 3.8) is 0 Å². The van der Waals surface area contributed by atoms with E-state index in [0.29, 0.717) is 5.69 Å². The molecule has 6 nitrogen and oxygen atoms in total. The molecule has 2 aromatic rings. The van der Waals surface area contributed by atoms with Gasteiger partial charge in [-0.2, -0.15) is 0 Å². The zero-order valence-electron chi connectivity index (χ0n) is 18.1. The minimum absolute atomic E-state index is 0.101. The molecule has 1 aromatic carbocycles. The van der Waals surface area contributed by atoms with E-state index in [2.05, 4.69) is 4.98 Å². The number of rotatable bonds is 5. The molecule has 162 valence electrons. The van der Waals surface area contributed by atoms with Crippen molar-refractivity contribution in [2.24, 2.45) is 16.7 Å². The number of pyridine rings is 1. The second-order valence-corrected chi connectivity index (χ2v) is 9.47. The highest BCUT2D eigenvalue weighted by molar-refractivity contribution is 6.23. The lowest BCUT2D eigenvalue weighted by Gasteiger charge is -2.28. The van der Waals surface area contributed by atoms with Gasteiger partial charge >= 0.3 is 0 Å². The van der Waals surface area contributed by atoms with Crippen LogP contribution in [0.5, 0.6) is 0 Å². The summed E-state index contributed by atoms with van der Waals surface area (Å²) in [5, 5.41) is 0. The van der Waals surface area contributed by atoms with Crippen molar-refractivity contribution >= 4 is 23.4 Å². The number of nitrogens with zero attached hydrogens (tertiary/aromatic N) is 3. The molecule has 1 saturated heterocycles. The average molecular weight is 423 g/mol. The summed E-state index contributed by atoms with van der Waals surface area (Å²) in [6, 6.07) is 7.92. The van der Waals surface area contributed by atoms with E-state index in [1.54, 1.807) is 18.5 Å². The van der Waals surface area contributed by atoms with Crippen molar-refractivity contribution in [2.75, 3.05) is 4.90 Å². The Morgan fingerprint density at radius 2 is 1.77 bits per heavy atom. The normalized spacial score (nSPS) is 22.0. The van der Waals surface area contributed by atoms with Gasteiger partial charge in [-0.1, -0.05) is 33.8 Å². The molecule has 31 heavy (non-hydrogen) atoms. The molecule has 3 amide bonds. The molecule has 1 atom stereocenters. The third-order valence-electron chi connectivity index (χ3n) is 7.21. The Balaban J connectivity index is 1.67. The zero-order chi connectivity index (χ0) is 22.6. The smallest absolute Gasteiger partial charge is 0.257 e. The number of carbonyl (C=O) groups excluding carboxylic acids is 3. The molecule has 7 heteroatoms. The van der Waals surface area contributed by atoms with Gasteiger partial charge in [-0.25, -0.2) is 9.29 Å². The molecule has 1 unspecified atom stereocenters. The van der Waals surface area contributed by atoms with Gasteiger partial charge in [0.2, 0.25) is 11.8 Å². The van der Waals surface area contributed by atoms with Gasteiger partial charge in [0, 0.05) is 24.9 Å². The molecule has 1 aliphatic carbocycles. The maximum Gasteiger partial charge on any atom is 0.257 e. The van der Waals surface area contributed by atoms with Gasteiger partial charge in [0.05, 0.1) is 12.1 Å². The number of hydrogen-bond acceptors (Lipinski definition) is 4. The number of carbonyl (C=O) groups is 3. The Morgan fingerprint density at radius 1 is 1.13 bits per heavy atom. The number of hydrogen-bond donors (Lipinski definition) is 0. The van der Waals surface area contributed by atoms with Crippen LogP contribution in [-0.4, -0.2) is 33.6 Å². The fraction of sp³-hybridized carbons (Fsp3) is 0.417. The van der Waals surface area contributed by atoms with Gasteiger partial charge in [0.15, 0.2) is 0 Å². The molecule has 2 heterocycles. The number of aromatic nitrogens is 1. The third kappa shape index (κ3) is 3.42. The van der Waals surface area contributed by atoms with E-state index in [-0.39, 0.29) is 35.6 Å². The summed E-state index contributed by atoms with van der Waals surface area (Å²) in [5.74, 6) is -1.71. The van der Waals surface area contributed by atoms with E-state index in [9.17, 15) is 18.8 Å². The lowest BCUT2D eigenvalue weighted by Crippen LogP contribution is -2.46. The first-order chi connectivity index (χ1) is 14.6. The van der Waals surface area contributed by atoms with Gasteiger partial charge in [-0.15, -0.1) is 0 Å². The van der Waals surface area contributed by atoms with Gasteiger partial charge in [0.25, 0.3) is 5.91 Å². The van der Waals surface area contributed by atoms with Crippen molar-refractivity contribution in [3.05, 3.63) is 60.2 Å². The quantitative estimate of drug-likeness (QED) is 0.690. The van der Waals surface area contributed by atoms with E-state index in [4.69, 9.17) is 0 Å². The van der Waals surface area contributed by atoms with Gasteiger partial charge in [-0.05, 0) is 46.7 Å². The summed E-state index contributed by atoms with van der Waals surface area (Å²) in [5.41, 5.74) is 0.673. The number of imide groups is 1. The fourth-order valence-corrected chi connectivity index (χ4v) is 4.73. The predicted molar refractivity (Wildman–Crippen MR) is 113 cm³/mol. The molecule has 1 saturated carbocycles. The average Bonchev–Trinajstić information content (AvgIpc) is 2.96. The van der Waals surface area contributed by atoms with Crippen LogP contribution in [0.15, 0.2) is 48.8 Å². The second-order valence-electron chi connectivity index (χ2n) is 9.47. The summed E-state index contributed by atoms with van der Waals surface area (Å²) >= 11 is 0. The topological polar surface area (TPSA) is 70.6 Å². The van der Waals surface area contributed by atoms with Gasteiger partial charge in [0.1, 0.15) is 11.9 Å². The zero-order valence-corrected chi connectivity index (χ0v) is 18.1. The maximum atomic E-state index is 13.6. The number of halogens is 1. The van der Waals surface area contributed by atoms with Gasteiger partial charge in [-0.3, -0.25) is 19.4 Å². The molecular weight excluding hydrogens is 397 g/mol. The molecule has 0 spiro atoms. The monoisotopic (exact) mass is 423 g/mol. The molecule has 4 rings (SSSR count). The molecule has 0 N–H and O–H groups in total. The van der Waals surface area contributed by atoms with E-state index in [1.165, 1.54) is 29.2 Å². The Bertz CT molecular complexity index is 1020. The van der Waals surface area contributed by atoms with E-state index < -0.39 is 23.7 Å². The summed E-state index contributed by atoms with van der Waals surface area (Å²) < 4.78 is 13.3. The van der Waals surface area contributed by atoms with Crippen LogP contribution in [0.1, 0.15) is 39.7 Å². The molecule has 0 radical (unpaired) electrons. The molecule has 2 fully saturated rings. The predicted octanol–water partition coefficient (Wildman–Crippen LogP) is 3.56. The van der Waals surface area contributed by atoms with E-state index in [0.717, 1.165) is 10.5 Å². The fourth-order valence-electron chi connectivity index (χ4n) is 4.73. The Labute approximate surface area is 181 Å². The first kappa shape index (κ1) is 21.2. The summed E-state index contributed by atoms with van der Waals surface area (Å²) in [6.07, 6.45) is 3.20. The highest BCUT2D eigenvalue weighted by atomic mass is 19.1. The first-order valence-corrected chi connectivity index (χ1v) is 10.4. The minimum Gasteiger partial charge on any atom is -0.325 e. The summed E-state index contributed by atoms with van der Waals surface area (Å²) in [4.78, 5) is 46.4. The minimum atomic E-state index is -0.905. The SMILES string of the molecule is CC1(C)C(C(=O)N(Cc2cccnc2)C2CC(=O)N(c3ccc(F)cc3)C2=O)C1(C)C. The third-order valence-corrected chi connectivity index (χ3v) is 7.21. The van der Waals surface area contributed by atoms with Crippen LogP contribution < -0.4 is 4.90 Å². The second kappa shape index (κ2) is 7.25. The molecule has 1 aliphatic heterocycles. The Morgan fingerprint density at radius 3 is 2.32 bits per heavy atom. The van der Waals surface area contributed by atoms with Crippen LogP contribution in [0.3, 0.4) is 0 Å². The lowest BCUT2D eigenvalue weighted by molar-refractivity contribution is -0.141. The number of benzene rings is 1. The standard InChI is InChI=1S/C24H26FN3O3/c1-23(2)20(24(23,3)4)22(31)27(14-15-6-5-11-26-13-15)18-12-19(29)28(21(18)30)17-9-7-16(25)8-10-17/h5-11,13,18,20H,12,14H2,1-4H3. The van der Waals surface area contributed by atoms with Crippen LogP contribution in [0.2, 0.25) is 0 Å². The van der Waals surface area contributed by atoms with Crippen LogP contribution >= 0.6 is 0 Å². The van der Waals surface area contributed by atoms with Crippen LogP contribution in [0.25, 0.3) is 0 Å². The van der Waals surface area contributed by atoms with Crippen molar-refractivity contribution in [1.29, 1.82) is 0 Å². The van der Waals surface area contributed by atoms with E-state index >= 15 is 0 Å². The first-order valence-electron chi connectivity index (χ1n) is 10.4. The van der Waals surface area contributed by atoms with Crippen molar-refractivity contribution in [2.45, 2.75) is 46.7 Å².